The van der Waals surface area contributed by atoms with Gasteiger partial charge in [0.05, 0.1) is 0 Å². The highest BCUT2D eigenvalue weighted by atomic mass is 15.1. The van der Waals surface area contributed by atoms with Gasteiger partial charge in [0.15, 0.2) is 11.6 Å². The molecule has 6 heteroatoms. The number of hydrogen-bond acceptors (Lipinski definition) is 6. The summed E-state index contributed by atoms with van der Waals surface area (Å²) >= 11 is 0. The van der Waals surface area contributed by atoms with Gasteiger partial charge in [-0.3, -0.25) is 0 Å². The lowest BCUT2D eigenvalue weighted by Crippen LogP contribution is -2.10. The van der Waals surface area contributed by atoms with E-state index in [0.29, 0.717) is 17.3 Å². The molecule has 1 aliphatic rings. The highest BCUT2D eigenvalue weighted by Gasteiger charge is 2.09. The lowest BCUT2D eigenvalue weighted by atomic mass is 9.97. The molecule has 6 nitrogen and oxygen atoms in total. The lowest BCUT2D eigenvalue weighted by molar-refractivity contribution is 0.679. The number of nitrogens with zero attached hydrogens (tertiary/aromatic N) is 3. The molecule has 24 heavy (non-hydrogen) atoms. The first-order chi connectivity index (χ1) is 11.7. The van der Waals surface area contributed by atoms with Crippen molar-refractivity contribution >= 4 is 23.1 Å². The van der Waals surface area contributed by atoms with Crippen LogP contribution in [0.5, 0.6) is 0 Å². The third-order valence-electron chi connectivity index (χ3n) is 4.17. The molecule has 0 bridgehead atoms. The van der Waals surface area contributed by atoms with Crippen molar-refractivity contribution in [3.63, 3.8) is 0 Å². The Kier molecular flexibility index (Phi) is 5.25. The summed E-state index contributed by atoms with van der Waals surface area (Å²) in [5.74, 6) is 1.96. The number of nitrogens with two attached hydrogens (primary N) is 1. The number of rotatable bonds is 6. The molecule has 0 saturated carbocycles. The minimum absolute atomic E-state index is 0.512. The summed E-state index contributed by atoms with van der Waals surface area (Å²) in [5, 5.41) is 6.48. The first-order valence-corrected chi connectivity index (χ1v) is 8.44. The zero-order valence-corrected chi connectivity index (χ0v) is 14.0. The zero-order chi connectivity index (χ0) is 16.8. The SMILES string of the molecule is Cc1ccnc(Nc2ncnc(NCCC3=CCCCC3)c2N)c1. The molecule has 0 atom stereocenters. The molecule has 0 unspecified atom stereocenters. The van der Waals surface area contributed by atoms with Crippen LogP contribution in [0.1, 0.15) is 37.7 Å². The maximum Gasteiger partial charge on any atom is 0.160 e. The van der Waals surface area contributed by atoms with Gasteiger partial charge in [0.2, 0.25) is 0 Å². The fourth-order valence-corrected chi connectivity index (χ4v) is 2.84. The number of pyridine rings is 1. The van der Waals surface area contributed by atoms with Crippen LogP contribution in [0.15, 0.2) is 36.3 Å². The van der Waals surface area contributed by atoms with E-state index in [1.807, 2.05) is 19.1 Å². The van der Waals surface area contributed by atoms with E-state index in [9.17, 15) is 0 Å². The quantitative estimate of drug-likeness (QED) is 0.700. The Labute approximate surface area is 142 Å². The van der Waals surface area contributed by atoms with Crippen molar-refractivity contribution in [2.75, 3.05) is 22.9 Å². The Morgan fingerprint density at radius 2 is 2.04 bits per heavy atom. The summed E-state index contributed by atoms with van der Waals surface area (Å²) in [6.07, 6.45) is 11.7. The van der Waals surface area contributed by atoms with E-state index in [1.54, 1.807) is 6.20 Å². The second kappa shape index (κ2) is 7.77. The van der Waals surface area contributed by atoms with Crippen molar-refractivity contribution < 1.29 is 0 Å². The molecule has 0 radical (unpaired) electrons. The smallest absolute Gasteiger partial charge is 0.160 e. The average molecular weight is 324 g/mol. The van der Waals surface area contributed by atoms with E-state index >= 15 is 0 Å². The van der Waals surface area contributed by atoms with Crippen LogP contribution in [0.25, 0.3) is 0 Å². The normalized spacial score (nSPS) is 14.1. The molecule has 0 aliphatic heterocycles. The fraction of sp³-hybridized carbons (Fsp3) is 0.389. The zero-order valence-electron chi connectivity index (χ0n) is 14.0. The predicted octanol–water partition coefficient (Wildman–Crippen LogP) is 3.81. The van der Waals surface area contributed by atoms with Gasteiger partial charge in [-0.25, -0.2) is 15.0 Å². The van der Waals surface area contributed by atoms with E-state index in [-0.39, 0.29) is 0 Å². The summed E-state index contributed by atoms with van der Waals surface area (Å²) < 4.78 is 0. The molecule has 2 aromatic rings. The first-order valence-electron chi connectivity index (χ1n) is 8.44. The van der Waals surface area contributed by atoms with Gasteiger partial charge in [-0.1, -0.05) is 11.6 Å². The largest absolute Gasteiger partial charge is 0.393 e. The summed E-state index contributed by atoms with van der Waals surface area (Å²) in [7, 11) is 0. The van der Waals surface area contributed by atoms with Crippen molar-refractivity contribution in [3.8, 4) is 0 Å². The predicted molar refractivity (Wildman–Crippen MR) is 98.4 cm³/mol. The highest BCUT2D eigenvalue weighted by Crippen LogP contribution is 2.26. The second-order valence-corrected chi connectivity index (χ2v) is 6.11. The summed E-state index contributed by atoms with van der Waals surface area (Å²) in [6, 6.07) is 3.89. The molecular weight excluding hydrogens is 300 g/mol. The van der Waals surface area contributed by atoms with E-state index in [1.165, 1.54) is 37.6 Å². The Hall–Kier alpha value is -2.63. The molecule has 3 rings (SSSR count). The third-order valence-corrected chi connectivity index (χ3v) is 4.17. The standard InChI is InChI=1S/C18H24N6/c1-13-7-9-20-15(11-13)24-18-16(19)17(22-12-23-18)21-10-8-14-5-3-2-4-6-14/h5,7,9,11-12H,2-4,6,8,10,19H2,1H3,(H2,20,21,22,23,24). The van der Waals surface area contributed by atoms with Crippen LogP contribution < -0.4 is 16.4 Å². The number of allylic oxidation sites excluding steroid dienone is 1. The van der Waals surface area contributed by atoms with Crippen LogP contribution in [0.3, 0.4) is 0 Å². The second-order valence-electron chi connectivity index (χ2n) is 6.11. The number of hydrogen-bond donors (Lipinski definition) is 3. The molecule has 0 spiro atoms. The number of aryl methyl sites for hydroxylation is 1. The molecule has 2 heterocycles. The summed E-state index contributed by atoms with van der Waals surface area (Å²) in [6.45, 7) is 2.85. The fourth-order valence-electron chi connectivity index (χ4n) is 2.84. The Balaban J connectivity index is 1.63. The topological polar surface area (TPSA) is 88.8 Å². The van der Waals surface area contributed by atoms with E-state index in [4.69, 9.17) is 5.73 Å². The maximum absolute atomic E-state index is 6.20. The van der Waals surface area contributed by atoms with E-state index < -0.39 is 0 Å². The summed E-state index contributed by atoms with van der Waals surface area (Å²) in [5.41, 5.74) is 9.36. The van der Waals surface area contributed by atoms with Gasteiger partial charge in [0.25, 0.3) is 0 Å². The number of anilines is 4. The van der Waals surface area contributed by atoms with Gasteiger partial charge in [-0.05, 0) is 56.7 Å². The van der Waals surface area contributed by atoms with Crippen molar-refractivity contribution in [2.45, 2.75) is 39.0 Å². The van der Waals surface area contributed by atoms with Gasteiger partial charge >= 0.3 is 0 Å². The van der Waals surface area contributed by atoms with Crippen LogP contribution in [0.2, 0.25) is 0 Å². The molecule has 1 aliphatic carbocycles. The number of nitrogen functional groups attached to an aromatic ring is 1. The molecule has 0 fully saturated rings. The minimum Gasteiger partial charge on any atom is -0.393 e. The minimum atomic E-state index is 0.512. The Morgan fingerprint density at radius 3 is 2.83 bits per heavy atom. The molecular formula is C18H24N6. The van der Waals surface area contributed by atoms with Crippen LogP contribution in [0, 0.1) is 6.92 Å². The number of nitrogens with one attached hydrogen (secondary N) is 2. The molecule has 4 N–H and O–H groups in total. The molecule has 0 saturated heterocycles. The number of aromatic nitrogens is 3. The molecule has 0 aromatic carbocycles. The van der Waals surface area contributed by atoms with Crippen LogP contribution in [0.4, 0.5) is 23.1 Å². The monoisotopic (exact) mass is 324 g/mol. The van der Waals surface area contributed by atoms with Crippen LogP contribution in [-0.2, 0) is 0 Å². The van der Waals surface area contributed by atoms with Gasteiger partial charge < -0.3 is 16.4 Å². The van der Waals surface area contributed by atoms with Gasteiger partial charge in [-0.15, -0.1) is 0 Å². The van der Waals surface area contributed by atoms with E-state index in [2.05, 4.69) is 31.7 Å². The van der Waals surface area contributed by atoms with Crippen molar-refractivity contribution in [3.05, 3.63) is 41.9 Å². The van der Waals surface area contributed by atoms with Gasteiger partial charge in [0, 0.05) is 12.7 Å². The van der Waals surface area contributed by atoms with Crippen molar-refractivity contribution in [1.29, 1.82) is 0 Å². The van der Waals surface area contributed by atoms with Crippen molar-refractivity contribution in [2.24, 2.45) is 0 Å². The molecule has 0 amide bonds. The highest BCUT2D eigenvalue weighted by molar-refractivity contribution is 5.76. The summed E-state index contributed by atoms with van der Waals surface area (Å²) in [4.78, 5) is 12.8. The Bertz CT molecular complexity index is 725. The van der Waals surface area contributed by atoms with Crippen LogP contribution >= 0.6 is 0 Å². The average Bonchev–Trinajstić information content (AvgIpc) is 2.59. The Morgan fingerprint density at radius 1 is 1.17 bits per heavy atom. The van der Waals surface area contributed by atoms with Crippen LogP contribution in [-0.4, -0.2) is 21.5 Å². The first kappa shape index (κ1) is 16.2. The molecule has 2 aromatic heterocycles. The maximum atomic E-state index is 6.20. The van der Waals surface area contributed by atoms with E-state index in [0.717, 1.165) is 24.3 Å². The third kappa shape index (κ3) is 4.22. The van der Waals surface area contributed by atoms with Gasteiger partial charge in [0.1, 0.15) is 17.8 Å². The van der Waals surface area contributed by atoms with Crippen molar-refractivity contribution in [1.82, 2.24) is 15.0 Å². The molecule has 126 valence electrons. The van der Waals surface area contributed by atoms with Gasteiger partial charge in [-0.2, -0.15) is 0 Å². The lowest BCUT2D eigenvalue weighted by Gasteiger charge is -2.15.